The van der Waals surface area contributed by atoms with Gasteiger partial charge in [-0.2, -0.15) is 0 Å². The SMILES string of the molecule is Cc1nc(C(C)NCCc2cccnc2)c(C)s1. The van der Waals surface area contributed by atoms with Crippen molar-refractivity contribution in [2.45, 2.75) is 33.2 Å². The minimum Gasteiger partial charge on any atom is -0.308 e. The second kappa shape index (κ2) is 6.07. The Morgan fingerprint density at radius 1 is 1.39 bits per heavy atom. The molecule has 0 aliphatic heterocycles. The van der Waals surface area contributed by atoms with Crippen molar-refractivity contribution in [3.05, 3.63) is 45.7 Å². The first-order chi connectivity index (χ1) is 8.66. The molecule has 96 valence electrons. The molecule has 0 amide bonds. The third kappa shape index (κ3) is 3.37. The van der Waals surface area contributed by atoms with Crippen molar-refractivity contribution in [3.63, 3.8) is 0 Å². The van der Waals surface area contributed by atoms with Crippen LogP contribution in [0.1, 0.15) is 34.1 Å². The van der Waals surface area contributed by atoms with Crippen LogP contribution in [0.3, 0.4) is 0 Å². The summed E-state index contributed by atoms with van der Waals surface area (Å²) in [6.07, 6.45) is 4.73. The van der Waals surface area contributed by atoms with Gasteiger partial charge in [-0.1, -0.05) is 6.07 Å². The van der Waals surface area contributed by atoms with E-state index in [1.165, 1.54) is 16.1 Å². The van der Waals surface area contributed by atoms with Gasteiger partial charge in [0.15, 0.2) is 0 Å². The number of hydrogen-bond acceptors (Lipinski definition) is 4. The van der Waals surface area contributed by atoms with Gasteiger partial charge in [0.25, 0.3) is 0 Å². The normalized spacial score (nSPS) is 12.6. The number of hydrogen-bond donors (Lipinski definition) is 1. The van der Waals surface area contributed by atoms with E-state index < -0.39 is 0 Å². The predicted molar refractivity (Wildman–Crippen MR) is 75.9 cm³/mol. The summed E-state index contributed by atoms with van der Waals surface area (Å²) in [5.41, 5.74) is 2.45. The number of nitrogens with zero attached hydrogens (tertiary/aromatic N) is 2. The van der Waals surface area contributed by atoms with Crippen molar-refractivity contribution in [1.29, 1.82) is 0 Å². The number of aromatic nitrogens is 2. The van der Waals surface area contributed by atoms with Crippen LogP contribution in [-0.2, 0) is 6.42 Å². The maximum atomic E-state index is 4.58. The van der Waals surface area contributed by atoms with Crippen LogP contribution in [0.4, 0.5) is 0 Å². The van der Waals surface area contributed by atoms with Crippen molar-refractivity contribution in [3.8, 4) is 0 Å². The van der Waals surface area contributed by atoms with Crippen LogP contribution in [0.5, 0.6) is 0 Å². The fourth-order valence-electron chi connectivity index (χ4n) is 2.02. The van der Waals surface area contributed by atoms with Crippen LogP contribution in [-0.4, -0.2) is 16.5 Å². The smallest absolute Gasteiger partial charge is 0.0900 e. The number of nitrogens with one attached hydrogen (secondary N) is 1. The first-order valence-electron chi connectivity index (χ1n) is 6.23. The van der Waals surface area contributed by atoms with Crippen LogP contribution in [0.25, 0.3) is 0 Å². The Balaban J connectivity index is 1.85. The van der Waals surface area contributed by atoms with Crippen LogP contribution in [0, 0.1) is 13.8 Å². The maximum absolute atomic E-state index is 4.58. The van der Waals surface area contributed by atoms with Gasteiger partial charge in [-0.25, -0.2) is 4.98 Å². The molecule has 0 aliphatic carbocycles. The molecule has 0 saturated heterocycles. The molecule has 4 heteroatoms. The van der Waals surface area contributed by atoms with Crippen LogP contribution < -0.4 is 5.32 Å². The molecule has 0 radical (unpaired) electrons. The molecule has 1 N–H and O–H groups in total. The zero-order valence-electron chi connectivity index (χ0n) is 11.1. The van der Waals surface area contributed by atoms with Gasteiger partial charge < -0.3 is 5.32 Å². The highest BCUT2D eigenvalue weighted by Crippen LogP contribution is 2.22. The van der Waals surface area contributed by atoms with Gasteiger partial charge in [-0.05, 0) is 45.4 Å². The molecule has 0 saturated carbocycles. The highest BCUT2D eigenvalue weighted by molar-refractivity contribution is 7.11. The second-order valence-electron chi connectivity index (χ2n) is 4.46. The van der Waals surface area contributed by atoms with Crippen molar-refractivity contribution < 1.29 is 0 Å². The van der Waals surface area contributed by atoms with E-state index in [-0.39, 0.29) is 0 Å². The second-order valence-corrected chi connectivity index (χ2v) is 5.87. The Kier molecular flexibility index (Phi) is 4.44. The molecule has 1 atom stereocenters. The quantitative estimate of drug-likeness (QED) is 0.899. The Morgan fingerprint density at radius 3 is 2.83 bits per heavy atom. The molecule has 0 fully saturated rings. The lowest BCUT2D eigenvalue weighted by Crippen LogP contribution is -2.22. The summed E-state index contributed by atoms with van der Waals surface area (Å²) in [5.74, 6) is 0. The Morgan fingerprint density at radius 2 is 2.22 bits per heavy atom. The molecule has 18 heavy (non-hydrogen) atoms. The fourth-order valence-corrected chi connectivity index (χ4v) is 2.94. The number of pyridine rings is 1. The molecule has 2 rings (SSSR count). The first kappa shape index (κ1) is 13.2. The molecule has 0 bridgehead atoms. The third-order valence-electron chi connectivity index (χ3n) is 2.94. The summed E-state index contributed by atoms with van der Waals surface area (Å²) in [6.45, 7) is 7.32. The Labute approximate surface area is 112 Å². The van der Waals surface area contributed by atoms with E-state index in [2.05, 4.69) is 42.1 Å². The monoisotopic (exact) mass is 261 g/mol. The molecule has 2 aromatic rings. The summed E-state index contributed by atoms with van der Waals surface area (Å²) in [5, 5.41) is 4.66. The first-order valence-corrected chi connectivity index (χ1v) is 7.04. The van der Waals surface area contributed by atoms with E-state index >= 15 is 0 Å². The van der Waals surface area contributed by atoms with Crippen molar-refractivity contribution in [1.82, 2.24) is 15.3 Å². The number of rotatable bonds is 5. The highest BCUT2D eigenvalue weighted by atomic mass is 32.1. The highest BCUT2D eigenvalue weighted by Gasteiger charge is 2.12. The molecule has 3 nitrogen and oxygen atoms in total. The van der Waals surface area contributed by atoms with E-state index in [0.717, 1.165) is 18.0 Å². The molecular weight excluding hydrogens is 242 g/mol. The van der Waals surface area contributed by atoms with Crippen molar-refractivity contribution >= 4 is 11.3 Å². The van der Waals surface area contributed by atoms with Gasteiger partial charge in [-0.3, -0.25) is 4.98 Å². The summed E-state index contributed by atoms with van der Waals surface area (Å²) in [6, 6.07) is 4.40. The van der Waals surface area contributed by atoms with E-state index in [4.69, 9.17) is 0 Å². The van der Waals surface area contributed by atoms with E-state index in [1.54, 1.807) is 17.5 Å². The van der Waals surface area contributed by atoms with Crippen LogP contribution >= 0.6 is 11.3 Å². The van der Waals surface area contributed by atoms with Crippen molar-refractivity contribution in [2.24, 2.45) is 0 Å². The van der Waals surface area contributed by atoms with Gasteiger partial charge in [0.2, 0.25) is 0 Å². The summed E-state index contributed by atoms with van der Waals surface area (Å²) >= 11 is 1.77. The van der Waals surface area contributed by atoms with Gasteiger partial charge in [0.1, 0.15) is 0 Å². The van der Waals surface area contributed by atoms with E-state index in [0.29, 0.717) is 6.04 Å². The van der Waals surface area contributed by atoms with E-state index in [9.17, 15) is 0 Å². The molecule has 0 spiro atoms. The van der Waals surface area contributed by atoms with Gasteiger partial charge in [0.05, 0.1) is 10.7 Å². The summed E-state index contributed by atoms with van der Waals surface area (Å²) in [7, 11) is 0. The average Bonchev–Trinajstić information content (AvgIpc) is 2.70. The zero-order valence-corrected chi connectivity index (χ0v) is 11.9. The lowest BCUT2D eigenvalue weighted by atomic mass is 10.2. The molecule has 2 aromatic heterocycles. The van der Waals surface area contributed by atoms with Gasteiger partial charge in [-0.15, -0.1) is 11.3 Å². The van der Waals surface area contributed by atoms with E-state index in [1.807, 2.05) is 12.3 Å². The fraction of sp³-hybridized carbons (Fsp3) is 0.429. The maximum Gasteiger partial charge on any atom is 0.0900 e. The lowest BCUT2D eigenvalue weighted by molar-refractivity contribution is 0.563. The standard InChI is InChI=1S/C14H19N3S/c1-10(14-11(2)18-12(3)17-14)16-8-6-13-5-4-7-15-9-13/h4-5,7,9-10,16H,6,8H2,1-3H3. The summed E-state index contributed by atoms with van der Waals surface area (Å²) < 4.78 is 0. The largest absolute Gasteiger partial charge is 0.308 e. The van der Waals surface area contributed by atoms with Crippen molar-refractivity contribution in [2.75, 3.05) is 6.54 Å². The Bertz CT molecular complexity index is 493. The molecular formula is C14H19N3S. The molecule has 0 aromatic carbocycles. The lowest BCUT2D eigenvalue weighted by Gasteiger charge is -2.12. The number of thiazole rings is 1. The zero-order chi connectivity index (χ0) is 13.0. The predicted octanol–water partition coefficient (Wildman–Crippen LogP) is 3.05. The average molecular weight is 261 g/mol. The molecule has 1 unspecified atom stereocenters. The summed E-state index contributed by atoms with van der Waals surface area (Å²) in [4.78, 5) is 10.0. The molecule has 0 aliphatic rings. The van der Waals surface area contributed by atoms with Gasteiger partial charge >= 0.3 is 0 Å². The van der Waals surface area contributed by atoms with Crippen LogP contribution in [0.2, 0.25) is 0 Å². The minimum atomic E-state index is 0.312. The van der Waals surface area contributed by atoms with Gasteiger partial charge in [0, 0.05) is 23.3 Å². The third-order valence-corrected chi connectivity index (χ3v) is 3.84. The topological polar surface area (TPSA) is 37.8 Å². The Hall–Kier alpha value is -1.26. The molecule has 2 heterocycles. The number of aryl methyl sites for hydroxylation is 2. The minimum absolute atomic E-state index is 0.312. The van der Waals surface area contributed by atoms with Crippen LogP contribution in [0.15, 0.2) is 24.5 Å².